The molecule has 65 heavy (non-hydrogen) atoms. The Morgan fingerprint density at radius 1 is 0.262 bits per heavy atom. The number of aromatic nitrogens is 2. The summed E-state index contributed by atoms with van der Waals surface area (Å²) in [5.74, 6) is 1.57. The van der Waals surface area contributed by atoms with Crippen molar-refractivity contribution >= 4 is 87.5 Å². The van der Waals surface area contributed by atoms with Gasteiger partial charge in [-0.05, 0) is 131 Å². The SMILES string of the molecule is c1cc(-c2ccc3oc4ccccc4c3c2)cc(-n2c3ccccc3c3cc(Oc4ccc5c(c4)c4ccccc4n5-c4cccc(-c5ccc6oc7ccccc7c6c5)c4)ccc32)c1. The van der Waals surface area contributed by atoms with E-state index in [0.717, 1.165) is 122 Å². The number of ether oxygens (including phenoxy) is 1. The lowest BCUT2D eigenvalue weighted by Gasteiger charge is -2.12. The van der Waals surface area contributed by atoms with Crippen molar-refractivity contribution in [3.8, 4) is 45.1 Å². The van der Waals surface area contributed by atoms with Crippen LogP contribution in [-0.2, 0) is 0 Å². The number of benzene rings is 10. The molecule has 0 N–H and O–H groups in total. The lowest BCUT2D eigenvalue weighted by Crippen LogP contribution is -1.94. The van der Waals surface area contributed by atoms with Crippen LogP contribution in [0.4, 0.5) is 0 Å². The van der Waals surface area contributed by atoms with E-state index in [0.29, 0.717) is 0 Å². The standard InChI is InChI=1S/C60H36N2O3/c1-5-19-53-45(15-1)49-35-43(25-27-55(49)61(53)41-13-9-11-37(31-41)39-23-29-59-51(33-39)47-17-3-7-21-57(47)64-59)63-44-26-28-56-50(36-44)46-16-2-6-20-54(46)62(56)42-14-10-12-38(32-42)40-24-30-60-52(34-40)48-18-4-8-22-58(48)65-60/h1-36H. The van der Waals surface area contributed by atoms with Gasteiger partial charge in [-0.3, -0.25) is 0 Å². The number of fused-ring (bicyclic) bond motifs is 12. The smallest absolute Gasteiger partial charge is 0.135 e. The van der Waals surface area contributed by atoms with Gasteiger partial charge in [-0.15, -0.1) is 0 Å². The van der Waals surface area contributed by atoms with Gasteiger partial charge in [0.15, 0.2) is 0 Å². The fourth-order valence-electron chi connectivity index (χ4n) is 10.2. The Bertz CT molecular complexity index is 3960. The van der Waals surface area contributed by atoms with Crippen LogP contribution in [0.2, 0.25) is 0 Å². The molecule has 14 rings (SSSR count). The van der Waals surface area contributed by atoms with Crippen LogP contribution in [0.15, 0.2) is 227 Å². The number of para-hydroxylation sites is 4. The monoisotopic (exact) mass is 832 g/mol. The second kappa shape index (κ2) is 13.9. The first-order valence-corrected chi connectivity index (χ1v) is 22.0. The van der Waals surface area contributed by atoms with Gasteiger partial charge in [0.25, 0.3) is 0 Å². The van der Waals surface area contributed by atoms with Gasteiger partial charge in [-0.25, -0.2) is 0 Å². The summed E-state index contributed by atoms with van der Waals surface area (Å²) < 4.78 is 23.8. The summed E-state index contributed by atoms with van der Waals surface area (Å²) in [4.78, 5) is 0. The molecule has 5 heteroatoms. The summed E-state index contributed by atoms with van der Waals surface area (Å²) in [6, 6.07) is 77.2. The van der Waals surface area contributed by atoms with Crippen molar-refractivity contribution in [2.75, 3.05) is 0 Å². The van der Waals surface area contributed by atoms with Crippen LogP contribution in [-0.4, -0.2) is 9.13 Å². The number of nitrogens with zero attached hydrogens (tertiary/aromatic N) is 2. The zero-order valence-corrected chi connectivity index (χ0v) is 34.9. The second-order valence-electron chi connectivity index (χ2n) is 16.9. The normalized spacial score (nSPS) is 12.0. The lowest BCUT2D eigenvalue weighted by atomic mass is 10.0. The van der Waals surface area contributed by atoms with Crippen molar-refractivity contribution in [2.24, 2.45) is 0 Å². The third-order valence-electron chi connectivity index (χ3n) is 13.2. The van der Waals surface area contributed by atoms with Gasteiger partial charge in [0, 0.05) is 54.5 Å². The average Bonchev–Trinajstić information content (AvgIpc) is 4.11. The predicted molar refractivity (Wildman–Crippen MR) is 267 cm³/mol. The van der Waals surface area contributed by atoms with Crippen LogP contribution >= 0.6 is 0 Å². The van der Waals surface area contributed by atoms with Crippen molar-refractivity contribution in [2.45, 2.75) is 0 Å². The Kier molecular flexibility index (Phi) is 7.62. The predicted octanol–water partition coefficient (Wildman–Crippen LogP) is 16.8. The number of hydrogen-bond acceptors (Lipinski definition) is 3. The molecule has 10 aromatic carbocycles. The maximum Gasteiger partial charge on any atom is 0.135 e. The first kappa shape index (κ1) is 35.8. The minimum atomic E-state index is 0.785. The fraction of sp³-hybridized carbons (Fsp3) is 0. The topological polar surface area (TPSA) is 45.4 Å². The van der Waals surface area contributed by atoms with Crippen LogP contribution in [0.5, 0.6) is 11.5 Å². The van der Waals surface area contributed by atoms with Gasteiger partial charge in [0.2, 0.25) is 0 Å². The first-order chi connectivity index (χ1) is 32.2. The molecule has 0 unspecified atom stereocenters. The molecule has 4 heterocycles. The van der Waals surface area contributed by atoms with E-state index in [1.54, 1.807) is 0 Å². The van der Waals surface area contributed by atoms with E-state index in [4.69, 9.17) is 13.6 Å². The zero-order valence-electron chi connectivity index (χ0n) is 34.9. The third kappa shape index (κ3) is 5.59. The van der Waals surface area contributed by atoms with E-state index in [1.165, 1.54) is 10.8 Å². The van der Waals surface area contributed by atoms with Crippen molar-refractivity contribution in [3.05, 3.63) is 218 Å². The largest absolute Gasteiger partial charge is 0.457 e. The van der Waals surface area contributed by atoms with Gasteiger partial charge in [-0.2, -0.15) is 0 Å². The molecule has 14 aromatic rings. The number of rotatable bonds is 6. The maximum atomic E-state index is 6.76. The molecule has 0 spiro atoms. The Hall–Kier alpha value is -8.80. The van der Waals surface area contributed by atoms with E-state index in [9.17, 15) is 0 Å². The van der Waals surface area contributed by atoms with Gasteiger partial charge in [-0.1, -0.05) is 109 Å². The minimum absolute atomic E-state index is 0.785. The number of furan rings is 2. The summed E-state index contributed by atoms with van der Waals surface area (Å²) in [7, 11) is 0. The molecule has 0 aliphatic heterocycles. The highest BCUT2D eigenvalue weighted by Crippen LogP contribution is 2.40. The van der Waals surface area contributed by atoms with Crippen molar-refractivity contribution in [1.29, 1.82) is 0 Å². The molecule has 0 aliphatic rings. The van der Waals surface area contributed by atoms with E-state index in [2.05, 4.69) is 203 Å². The highest BCUT2D eigenvalue weighted by Gasteiger charge is 2.18. The molecular weight excluding hydrogens is 797 g/mol. The molecule has 0 aliphatic carbocycles. The minimum Gasteiger partial charge on any atom is -0.457 e. The molecule has 0 bridgehead atoms. The molecule has 0 saturated carbocycles. The second-order valence-corrected chi connectivity index (χ2v) is 16.9. The zero-order chi connectivity index (χ0) is 42.6. The Morgan fingerprint density at radius 2 is 0.662 bits per heavy atom. The van der Waals surface area contributed by atoms with Crippen molar-refractivity contribution in [1.82, 2.24) is 9.13 Å². The van der Waals surface area contributed by atoms with Crippen LogP contribution < -0.4 is 4.74 Å². The van der Waals surface area contributed by atoms with Crippen molar-refractivity contribution < 1.29 is 13.6 Å². The summed E-state index contributed by atoms with van der Waals surface area (Å²) in [5, 5.41) is 9.11. The van der Waals surface area contributed by atoms with Gasteiger partial charge in [0.05, 0.1) is 22.1 Å². The third-order valence-corrected chi connectivity index (χ3v) is 13.2. The fourth-order valence-corrected chi connectivity index (χ4v) is 10.2. The Morgan fingerprint density at radius 3 is 1.15 bits per heavy atom. The number of hydrogen-bond donors (Lipinski definition) is 0. The van der Waals surface area contributed by atoms with E-state index < -0.39 is 0 Å². The Labute approximate surface area is 372 Å². The van der Waals surface area contributed by atoms with Crippen LogP contribution in [0.1, 0.15) is 0 Å². The maximum absolute atomic E-state index is 6.76. The van der Waals surface area contributed by atoms with Gasteiger partial charge in [0.1, 0.15) is 33.8 Å². The van der Waals surface area contributed by atoms with Gasteiger partial charge >= 0.3 is 0 Å². The average molecular weight is 833 g/mol. The molecule has 0 fully saturated rings. The van der Waals surface area contributed by atoms with E-state index in [-0.39, 0.29) is 0 Å². The summed E-state index contributed by atoms with van der Waals surface area (Å²) in [6.07, 6.45) is 0. The molecule has 5 nitrogen and oxygen atoms in total. The molecule has 304 valence electrons. The van der Waals surface area contributed by atoms with Gasteiger partial charge < -0.3 is 22.7 Å². The molecule has 0 amide bonds. The van der Waals surface area contributed by atoms with Crippen LogP contribution in [0.3, 0.4) is 0 Å². The summed E-state index contributed by atoms with van der Waals surface area (Å²) >= 11 is 0. The summed E-state index contributed by atoms with van der Waals surface area (Å²) in [6.45, 7) is 0. The highest BCUT2D eigenvalue weighted by molar-refractivity contribution is 6.12. The quantitative estimate of drug-likeness (QED) is 0.168. The first-order valence-electron chi connectivity index (χ1n) is 22.0. The lowest BCUT2D eigenvalue weighted by molar-refractivity contribution is 0.484. The molecule has 0 radical (unpaired) electrons. The van der Waals surface area contributed by atoms with Crippen LogP contribution in [0, 0.1) is 0 Å². The molecule has 0 atom stereocenters. The van der Waals surface area contributed by atoms with Crippen molar-refractivity contribution in [3.63, 3.8) is 0 Å². The van der Waals surface area contributed by atoms with Crippen LogP contribution in [0.25, 0.3) is 121 Å². The van der Waals surface area contributed by atoms with E-state index >= 15 is 0 Å². The molecule has 4 aromatic heterocycles. The highest BCUT2D eigenvalue weighted by atomic mass is 16.5. The Balaban J connectivity index is 0.824. The molecule has 0 saturated heterocycles. The summed E-state index contributed by atoms with van der Waals surface area (Å²) in [5.41, 5.74) is 14.9. The van der Waals surface area contributed by atoms with E-state index in [1.807, 2.05) is 24.3 Å². The molecular formula is C60H36N2O3.